The Bertz CT molecular complexity index is 1060. The standard InChI is InChI=1S/C33H54O10Si/c1-18(2)44(19(3)4,20(5)6)43-31-25(35)28(27(22(8)37-31)39-23(9)34)40-32-30-29(41-33(10,11)42-30)26(21(7)38-32)36-17-24-15-13-12-14-16-24/h12-16,18-22,25-32,35H,17H2,1-11H3/t21-,22+,25+,26-,27-,28+,29+,30+,31-,32-/m0/s1. The Kier molecular flexibility index (Phi) is 11.4. The quantitative estimate of drug-likeness (QED) is 0.248. The van der Waals surface area contributed by atoms with Gasteiger partial charge in [-0.2, -0.15) is 0 Å². The third-order valence-corrected chi connectivity index (χ3v) is 15.3. The highest BCUT2D eigenvalue weighted by molar-refractivity contribution is 6.77. The van der Waals surface area contributed by atoms with Gasteiger partial charge in [-0.3, -0.25) is 4.79 Å². The van der Waals surface area contributed by atoms with E-state index < -0.39 is 81.5 Å². The van der Waals surface area contributed by atoms with E-state index in [4.69, 9.17) is 37.6 Å². The molecule has 0 amide bonds. The van der Waals surface area contributed by atoms with Crippen molar-refractivity contribution in [1.82, 2.24) is 0 Å². The molecule has 250 valence electrons. The highest BCUT2D eigenvalue weighted by Gasteiger charge is 2.59. The second-order valence-corrected chi connectivity index (χ2v) is 19.3. The van der Waals surface area contributed by atoms with E-state index >= 15 is 0 Å². The predicted molar refractivity (Wildman–Crippen MR) is 166 cm³/mol. The Morgan fingerprint density at radius 3 is 1.98 bits per heavy atom. The summed E-state index contributed by atoms with van der Waals surface area (Å²) in [7, 11) is -2.46. The van der Waals surface area contributed by atoms with E-state index in [2.05, 4.69) is 41.5 Å². The highest BCUT2D eigenvalue weighted by atomic mass is 28.4. The van der Waals surface area contributed by atoms with Gasteiger partial charge in [0.25, 0.3) is 0 Å². The van der Waals surface area contributed by atoms with Crippen molar-refractivity contribution in [3.63, 3.8) is 0 Å². The van der Waals surface area contributed by atoms with Gasteiger partial charge in [0.05, 0.1) is 18.8 Å². The van der Waals surface area contributed by atoms with Crippen LogP contribution in [0.1, 0.15) is 81.7 Å². The first-order chi connectivity index (χ1) is 20.6. The summed E-state index contributed by atoms with van der Waals surface area (Å²) in [6.07, 6.45) is -7.76. The normalized spacial score (nSPS) is 35.7. The summed E-state index contributed by atoms with van der Waals surface area (Å²) < 4.78 is 50.8. The molecule has 4 rings (SSSR count). The summed E-state index contributed by atoms with van der Waals surface area (Å²) in [4.78, 5) is 12.2. The number of esters is 1. The van der Waals surface area contributed by atoms with Gasteiger partial charge < -0.3 is 42.7 Å². The molecule has 3 saturated heterocycles. The molecule has 0 saturated carbocycles. The average molecular weight is 639 g/mol. The zero-order valence-corrected chi connectivity index (χ0v) is 29.2. The molecule has 0 bridgehead atoms. The van der Waals surface area contributed by atoms with Crippen LogP contribution in [0.5, 0.6) is 0 Å². The fourth-order valence-corrected chi connectivity index (χ4v) is 12.8. The van der Waals surface area contributed by atoms with Crippen LogP contribution in [0.15, 0.2) is 30.3 Å². The average Bonchev–Trinajstić information content (AvgIpc) is 3.26. The number of benzene rings is 1. The van der Waals surface area contributed by atoms with E-state index in [9.17, 15) is 9.90 Å². The number of aliphatic hydroxyl groups excluding tert-OH is 1. The molecule has 3 aliphatic heterocycles. The van der Waals surface area contributed by atoms with Crippen molar-refractivity contribution in [2.75, 3.05) is 0 Å². The highest BCUT2D eigenvalue weighted by Crippen LogP contribution is 2.45. The number of carbonyl (C=O) groups is 1. The van der Waals surface area contributed by atoms with E-state index in [0.717, 1.165) is 5.56 Å². The summed E-state index contributed by atoms with van der Waals surface area (Å²) >= 11 is 0. The molecule has 0 spiro atoms. The Hall–Kier alpha value is -1.41. The molecule has 1 N–H and O–H groups in total. The lowest BCUT2D eigenvalue weighted by molar-refractivity contribution is -0.342. The van der Waals surface area contributed by atoms with Crippen LogP contribution >= 0.6 is 0 Å². The van der Waals surface area contributed by atoms with Crippen LogP contribution in [0.4, 0.5) is 0 Å². The van der Waals surface area contributed by atoms with Gasteiger partial charge in [0.15, 0.2) is 24.5 Å². The van der Waals surface area contributed by atoms with Gasteiger partial charge in [-0.25, -0.2) is 0 Å². The molecule has 11 heteroatoms. The molecule has 3 fully saturated rings. The molecule has 0 unspecified atom stereocenters. The van der Waals surface area contributed by atoms with Crippen molar-refractivity contribution in [2.24, 2.45) is 0 Å². The molecular weight excluding hydrogens is 584 g/mol. The lowest BCUT2D eigenvalue weighted by atomic mass is 9.97. The molecule has 10 atom stereocenters. The van der Waals surface area contributed by atoms with Gasteiger partial charge in [-0.15, -0.1) is 0 Å². The van der Waals surface area contributed by atoms with Gasteiger partial charge in [-0.1, -0.05) is 71.9 Å². The van der Waals surface area contributed by atoms with Crippen LogP contribution in [-0.2, 0) is 49.0 Å². The molecule has 3 aliphatic rings. The molecule has 1 aromatic rings. The molecular formula is C33H54O10Si. The topological polar surface area (TPSA) is 111 Å². The summed E-state index contributed by atoms with van der Waals surface area (Å²) in [6, 6.07) is 9.91. The smallest absolute Gasteiger partial charge is 0.303 e. The third kappa shape index (κ3) is 7.42. The van der Waals surface area contributed by atoms with Crippen molar-refractivity contribution < 1.29 is 47.5 Å². The number of hydrogen-bond acceptors (Lipinski definition) is 10. The van der Waals surface area contributed by atoms with E-state index in [0.29, 0.717) is 6.61 Å². The zero-order chi connectivity index (χ0) is 32.6. The fraction of sp³-hybridized carbons (Fsp3) is 0.788. The lowest BCUT2D eigenvalue weighted by Crippen LogP contribution is -2.65. The number of aliphatic hydroxyl groups is 1. The lowest BCUT2D eigenvalue weighted by Gasteiger charge is -2.50. The van der Waals surface area contributed by atoms with Crippen LogP contribution in [-0.4, -0.2) is 86.6 Å². The maximum atomic E-state index is 12.2. The van der Waals surface area contributed by atoms with E-state index in [-0.39, 0.29) is 16.6 Å². The van der Waals surface area contributed by atoms with Crippen LogP contribution in [0.2, 0.25) is 16.6 Å². The van der Waals surface area contributed by atoms with E-state index in [1.165, 1.54) is 6.92 Å². The predicted octanol–water partition coefficient (Wildman–Crippen LogP) is 5.45. The monoisotopic (exact) mass is 638 g/mol. The minimum atomic E-state index is -2.46. The maximum absolute atomic E-state index is 12.2. The maximum Gasteiger partial charge on any atom is 0.303 e. The Balaban J connectivity index is 1.60. The Morgan fingerprint density at radius 1 is 0.864 bits per heavy atom. The number of fused-ring (bicyclic) bond motifs is 1. The molecule has 0 radical (unpaired) electrons. The van der Waals surface area contributed by atoms with Crippen molar-refractivity contribution in [2.45, 2.75) is 167 Å². The minimum Gasteiger partial charge on any atom is -0.457 e. The number of carbonyl (C=O) groups excluding carboxylic acids is 1. The molecule has 0 aliphatic carbocycles. The Morgan fingerprint density at radius 2 is 1.41 bits per heavy atom. The molecule has 3 heterocycles. The van der Waals surface area contributed by atoms with Gasteiger partial charge in [0, 0.05) is 6.92 Å². The van der Waals surface area contributed by atoms with Crippen molar-refractivity contribution in [3.8, 4) is 0 Å². The fourth-order valence-electron chi connectivity index (χ4n) is 7.38. The van der Waals surface area contributed by atoms with Crippen LogP contribution in [0.25, 0.3) is 0 Å². The largest absolute Gasteiger partial charge is 0.457 e. The summed E-state index contributed by atoms with van der Waals surface area (Å²) in [6.45, 7) is 22.1. The number of hydrogen-bond donors (Lipinski definition) is 1. The summed E-state index contributed by atoms with van der Waals surface area (Å²) in [5.41, 5.74) is 1.83. The first kappa shape index (κ1) is 35.4. The number of rotatable bonds is 11. The van der Waals surface area contributed by atoms with Crippen LogP contribution in [0, 0.1) is 0 Å². The third-order valence-electron chi connectivity index (χ3n) is 9.22. The first-order valence-electron chi connectivity index (χ1n) is 16.1. The number of ether oxygens (including phenoxy) is 7. The Labute approximate surface area is 264 Å². The minimum absolute atomic E-state index is 0.265. The van der Waals surface area contributed by atoms with Gasteiger partial charge in [-0.05, 0) is 49.9 Å². The van der Waals surface area contributed by atoms with Crippen LogP contribution < -0.4 is 0 Å². The molecule has 10 nitrogen and oxygen atoms in total. The van der Waals surface area contributed by atoms with Gasteiger partial charge >= 0.3 is 5.97 Å². The van der Waals surface area contributed by atoms with Crippen LogP contribution in [0.3, 0.4) is 0 Å². The summed E-state index contributed by atoms with van der Waals surface area (Å²) in [5, 5.41) is 11.8. The molecule has 44 heavy (non-hydrogen) atoms. The second-order valence-electron chi connectivity index (χ2n) is 13.8. The van der Waals surface area contributed by atoms with Gasteiger partial charge in [0.2, 0.25) is 8.32 Å². The van der Waals surface area contributed by atoms with Crippen molar-refractivity contribution in [1.29, 1.82) is 0 Å². The van der Waals surface area contributed by atoms with Crippen molar-refractivity contribution >= 4 is 14.3 Å². The van der Waals surface area contributed by atoms with Gasteiger partial charge in [0.1, 0.15) is 30.5 Å². The summed E-state index contributed by atoms with van der Waals surface area (Å²) in [5.74, 6) is -1.43. The second kappa shape index (κ2) is 14.1. The zero-order valence-electron chi connectivity index (χ0n) is 28.2. The molecule has 1 aromatic carbocycles. The van der Waals surface area contributed by atoms with E-state index in [1.54, 1.807) is 6.92 Å². The first-order valence-corrected chi connectivity index (χ1v) is 18.2. The SMILES string of the molecule is CC(=O)O[C@@H]1[C@H](O[C@@H]2O[C@@H](C)[C@H](OCc3ccccc3)[C@H]3OC(C)(C)O[C@@H]23)[C@@H](O)[C@H](O[Si](C(C)C)(C(C)C)C(C)C)O[C@@H]1C. The van der Waals surface area contributed by atoms with E-state index in [1.807, 2.05) is 51.1 Å². The molecule has 0 aromatic heterocycles. The van der Waals surface area contributed by atoms with Crippen molar-refractivity contribution in [3.05, 3.63) is 35.9 Å².